The number of benzene rings is 3. The number of anilines is 2. The Labute approximate surface area is 201 Å². The second-order valence-electron chi connectivity index (χ2n) is 9.25. The third-order valence-electron chi connectivity index (χ3n) is 5.78. The first-order chi connectivity index (χ1) is 16.3. The van der Waals surface area contributed by atoms with Crippen LogP contribution >= 0.6 is 0 Å². The van der Waals surface area contributed by atoms with E-state index in [1.807, 2.05) is 28.9 Å². The first-order valence-corrected chi connectivity index (χ1v) is 11.9. The second-order valence-corrected chi connectivity index (χ2v) is 9.25. The van der Waals surface area contributed by atoms with Crippen molar-refractivity contribution >= 4 is 28.2 Å². The number of nitrogens with one attached hydrogen (secondary N) is 2. The summed E-state index contributed by atoms with van der Waals surface area (Å²) < 4.78 is 1.94. The summed E-state index contributed by atoms with van der Waals surface area (Å²) in [5.74, 6) is 0.573. The van der Waals surface area contributed by atoms with E-state index in [1.54, 1.807) is 0 Å². The van der Waals surface area contributed by atoms with Crippen molar-refractivity contribution in [2.45, 2.75) is 52.1 Å². The van der Waals surface area contributed by atoms with Crippen LogP contribution < -0.4 is 16.4 Å². The van der Waals surface area contributed by atoms with E-state index in [0.29, 0.717) is 0 Å². The SMILES string of the molecule is CCCCc1cc(NC(C)(C)Nc2cccc3ccccc23)n(-c2ccc(CC(N)=O)cc2)n1. The molecule has 1 heterocycles. The van der Waals surface area contributed by atoms with Crippen LogP contribution in [0, 0.1) is 0 Å². The van der Waals surface area contributed by atoms with Gasteiger partial charge >= 0.3 is 0 Å². The molecule has 6 heteroatoms. The van der Waals surface area contributed by atoms with Crippen LogP contribution in [0.3, 0.4) is 0 Å². The zero-order chi connectivity index (χ0) is 24.1. The van der Waals surface area contributed by atoms with Crippen LogP contribution in [-0.4, -0.2) is 21.4 Å². The maximum absolute atomic E-state index is 11.3. The number of hydrogen-bond acceptors (Lipinski definition) is 4. The summed E-state index contributed by atoms with van der Waals surface area (Å²) >= 11 is 0. The Morgan fingerprint density at radius 1 is 1.00 bits per heavy atom. The van der Waals surface area contributed by atoms with Crippen LogP contribution in [-0.2, 0) is 17.6 Å². The molecule has 34 heavy (non-hydrogen) atoms. The predicted octanol–water partition coefficient (Wildman–Crippen LogP) is 5.66. The van der Waals surface area contributed by atoms with E-state index < -0.39 is 5.66 Å². The molecule has 0 bridgehead atoms. The highest BCUT2D eigenvalue weighted by Gasteiger charge is 2.21. The third kappa shape index (κ3) is 5.57. The van der Waals surface area contributed by atoms with Gasteiger partial charge in [0, 0.05) is 17.1 Å². The minimum absolute atomic E-state index is 0.230. The smallest absolute Gasteiger partial charge is 0.221 e. The largest absolute Gasteiger partial charge is 0.369 e. The van der Waals surface area contributed by atoms with Crippen LogP contribution in [0.5, 0.6) is 0 Å². The lowest BCUT2D eigenvalue weighted by Gasteiger charge is -2.30. The maximum atomic E-state index is 11.3. The van der Waals surface area contributed by atoms with Crippen molar-refractivity contribution in [3.63, 3.8) is 0 Å². The number of fused-ring (bicyclic) bond motifs is 1. The van der Waals surface area contributed by atoms with Gasteiger partial charge < -0.3 is 16.4 Å². The normalized spacial score (nSPS) is 11.5. The minimum Gasteiger partial charge on any atom is -0.369 e. The Hall–Kier alpha value is -3.80. The molecule has 1 aromatic heterocycles. The van der Waals surface area contributed by atoms with Crippen LogP contribution in [0.15, 0.2) is 72.8 Å². The van der Waals surface area contributed by atoms with E-state index in [2.05, 4.69) is 79.9 Å². The molecule has 3 aromatic carbocycles. The van der Waals surface area contributed by atoms with Crippen molar-refractivity contribution in [1.29, 1.82) is 0 Å². The standard InChI is InChI=1S/C28H33N5O/c1-4-5-11-22-19-27(33(32-22)23-16-14-20(15-17-23)18-26(29)34)31-28(2,3)30-25-13-8-10-21-9-6-7-12-24(21)25/h6-10,12-17,19,30-31H,4-5,11,18H2,1-3H3,(H2,29,34). The van der Waals surface area contributed by atoms with Crippen molar-refractivity contribution in [3.8, 4) is 5.69 Å². The fourth-order valence-electron chi connectivity index (χ4n) is 4.17. The van der Waals surface area contributed by atoms with Gasteiger partial charge in [0.05, 0.1) is 17.8 Å². The first kappa shape index (κ1) is 23.4. The number of unbranched alkanes of at least 4 members (excludes halogenated alkanes) is 1. The van der Waals surface area contributed by atoms with Gasteiger partial charge in [-0.3, -0.25) is 4.79 Å². The number of aromatic nitrogens is 2. The minimum atomic E-state index is -0.449. The monoisotopic (exact) mass is 455 g/mol. The quantitative estimate of drug-likeness (QED) is 0.270. The number of nitrogens with two attached hydrogens (primary N) is 1. The number of rotatable bonds is 10. The molecule has 4 N–H and O–H groups in total. The summed E-state index contributed by atoms with van der Waals surface area (Å²) in [6.45, 7) is 6.42. The molecule has 0 saturated carbocycles. The van der Waals surface area contributed by atoms with Crippen LogP contribution in [0.25, 0.3) is 16.5 Å². The summed E-state index contributed by atoms with van der Waals surface area (Å²) in [5.41, 5.74) is 8.83. The lowest BCUT2D eigenvalue weighted by atomic mass is 10.1. The predicted molar refractivity (Wildman–Crippen MR) is 140 cm³/mol. The number of carbonyl (C=O) groups is 1. The molecule has 0 radical (unpaired) electrons. The lowest BCUT2D eigenvalue weighted by Crippen LogP contribution is -2.40. The fourth-order valence-corrected chi connectivity index (χ4v) is 4.17. The first-order valence-electron chi connectivity index (χ1n) is 11.9. The molecule has 1 amide bonds. The Balaban J connectivity index is 1.63. The molecule has 0 aliphatic rings. The van der Waals surface area contributed by atoms with E-state index in [4.69, 9.17) is 10.8 Å². The lowest BCUT2D eigenvalue weighted by molar-refractivity contribution is -0.117. The van der Waals surface area contributed by atoms with Gasteiger partial charge in [0.2, 0.25) is 5.91 Å². The van der Waals surface area contributed by atoms with Crippen molar-refractivity contribution in [1.82, 2.24) is 9.78 Å². The molecule has 0 atom stereocenters. The van der Waals surface area contributed by atoms with Crippen LogP contribution in [0.1, 0.15) is 44.9 Å². The Bertz CT molecular complexity index is 1270. The Morgan fingerprint density at radius 3 is 2.47 bits per heavy atom. The van der Waals surface area contributed by atoms with Gasteiger partial charge in [-0.25, -0.2) is 4.68 Å². The van der Waals surface area contributed by atoms with Crippen LogP contribution in [0.4, 0.5) is 11.5 Å². The molecule has 0 fully saturated rings. The van der Waals surface area contributed by atoms with Gasteiger partial charge in [-0.15, -0.1) is 0 Å². The van der Waals surface area contributed by atoms with E-state index in [0.717, 1.165) is 47.7 Å². The van der Waals surface area contributed by atoms with Crippen molar-refractivity contribution in [2.75, 3.05) is 10.6 Å². The highest BCUT2D eigenvalue weighted by molar-refractivity contribution is 5.94. The number of primary amides is 1. The molecule has 0 aliphatic heterocycles. The zero-order valence-corrected chi connectivity index (χ0v) is 20.1. The van der Waals surface area contributed by atoms with Crippen molar-refractivity contribution in [3.05, 3.63) is 84.1 Å². The maximum Gasteiger partial charge on any atom is 0.221 e. The van der Waals surface area contributed by atoms with Gasteiger partial charge in [-0.1, -0.05) is 61.9 Å². The molecular weight excluding hydrogens is 422 g/mol. The van der Waals surface area contributed by atoms with Gasteiger partial charge in [-0.2, -0.15) is 5.10 Å². The Morgan fingerprint density at radius 2 is 1.74 bits per heavy atom. The molecule has 4 aromatic rings. The van der Waals surface area contributed by atoms with Crippen LogP contribution in [0.2, 0.25) is 0 Å². The molecular formula is C28H33N5O. The molecule has 0 unspecified atom stereocenters. The van der Waals surface area contributed by atoms with E-state index in [1.165, 1.54) is 10.8 Å². The molecule has 6 nitrogen and oxygen atoms in total. The van der Waals surface area contributed by atoms with Gasteiger partial charge in [0.25, 0.3) is 0 Å². The molecule has 0 spiro atoms. The van der Waals surface area contributed by atoms with E-state index in [-0.39, 0.29) is 12.3 Å². The third-order valence-corrected chi connectivity index (χ3v) is 5.78. The van der Waals surface area contributed by atoms with E-state index in [9.17, 15) is 4.79 Å². The van der Waals surface area contributed by atoms with Gasteiger partial charge in [-0.05, 0) is 55.8 Å². The number of aryl methyl sites for hydroxylation is 1. The topological polar surface area (TPSA) is 85.0 Å². The summed E-state index contributed by atoms with van der Waals surface area (Å²) in [6, 6.07) is 24.6. The van der Waals surface area contributed by atoms with Crippen molar-refractivity contribution in [2.24, 2.45) is 5.73 Å². The molecule has 4 rings (SSSR count). The fraction of sp³-hybridized carbons (Fsp3) is 0.286. The van der Waals surface area contributed by atoms with E-state index >= 15 is 0 Å². The number of hydrogen-bond donors (Lipinski definition) is 3. The number of carbonyl (C=O) groups excluding carboxylic acids is 1. The molecule has 176 valence electrons. The summed E-state index contributed by atoms with van der Waals surface area (Å²) in [6.07, 6.45) is 3.36. The summed E-state index contributed by atoms with van der Waals surface area (Å²) in [5, 5.41) is 14.6. The number of nitrogens with zero attached hydrogens (tertiary/aromatic N) is 2. The summed E-state index contributed by atoms with van der Waals surface area (Å²) in [7, 11) is 0. The average Bonchev–Trinajstić information content (AvgIpc) is 3.19. The number of amides is 1. The highest BCUT2D eigenvalue weighted by atomic mass is 16.1. The summed E-state index contributed by atoms with van der Waals surface area (Å²) in [4.78, 5) is 11.3. The van der Waals surface area contributed by atoms with Gasteiger partial charge in [0.15, 0.2) is 0 Å². The van der Waals surface area contributed by atoms with Crippen molar-refractivity contribution < 1.29 is 4.79 Å². The second kappa shape index (κ2) is 10.00. The molecule has 0 aliphatic carbocycles. The zero-order valence-electron chi connectivity index (χ0n) is 20.1. The average molecular weight is 456 g/mol. The highest BCUT2D eigenvalue weighted by Crippen LogP contribution is 2.28. The Kier molecular flexibility index (Phi) is 6.87. The molecule has 0 saturated heterocycles. The van der Waals surface area contributed by atoms with Gasteiger partial charge in [0.1, 0.15) is 11.5 Å².